The van der Waals surface area contributed by atoms with Crippen LogP contribution in [0.3, 0.4) is 0 Å². The summed E-state index contributed by atoms with van der Waals surface area (Å²) in [5.74, 6) is -0.311. The number of carbonyl (C=O) groups is 2. The van der Waals surface area contributed by atoms with Gasteiger partial charge >= 0.3 is 5.97 Å². The number of fused-ring (bicyclic) bond motifs is 2. The van der Waals surface area contributed by atoms with Gasteiger partial charge < -0.3 is 34.4 Å². The van der Waals surface area contributed by atoms with Gasteiger partial charge in [0.15, 0.2) is 0 Å². The molecule has 0 saturated carbocycles. The molecule has 0 unspecified atom stereocenters. The van der Waals surface area contributed by atoms with E-state index >= 15 is 0 Å². The van der Waals surface area contributed by atoms with Crippen LogP contribution in [0.5, 0.6) is 11.5 Å². The molecule has 2 heterocycles. The number of nitrogens with one attached hydrogen (secondary N) is 1. The Kier molecular flexibility index (Phi) is 9.86. The summed E-state index contributed by atoms with van der Waals surface area (Å²) in [7, 11) is -0.937. The summed E-state index contributed by atoms with van der Waals surface area (Å²) in [5, 5.41) is 3.09. The van der Waals surface area contributed by atoms with Crippen molar-refractivity contribution in [1.82, 2.24) is 5.32 Å². The number of ether oxygens (including phenoxy) is 4. The SMILES string of the molecule is CNC(=O)c1c(-c2ccc(Oc3ccc(F)cc3)cc2)oc2cc3c(cc12)[C@H](C)O[C@H](COC(=O)[C@@H](N)[C@@H](C)OC)CN3S(C)(=O)=O. The average molecular weight is 670 g/mol. The van der Waals surface area contributed by atoms with Gasteiger partial charge in [-0.05, 0) is 68.4 Å². The maximum atomic E-state index is 13.3. The van der Waals surface area contributed by atoms with Crippen molar-refractivity contribution in [1.29, 1.82) is 0 Å². The van der Waals surface area contributed by atoms with Crippen LogP contribution in [0.2, 0.25) is 0 Å². The van der Waals surface area contributed by atoms with E-state index in [0.717, 1.165) is 6.26 Å². The lowest BCUT2D eigenvalue weighted by atomic mass is 10.0. The number of benzene rings is 3. The van der Waals surface area contributed by atoms with Crippen molar-refractivity contribution in [2.45, 2.75) is 38.2 Å². The lowest BCUT2D eigenvalue weighted by Crippen LogP contribution is -2.44. The number of methoxy groups -OCH3 is 1. The fourth-order valence-corrected chi connectivity index (χ4v) is 6.21. The van der Waals surface area contributed by atoms with Crippen LogP contribution < -0.4 is 20.1 Å². The highest BCUT2D eigenvalue weighted by atomic mass is 32.2. The van der Waals surface area contributed by atoms with Gasteiger partial charge in [-0.15, -0.1) is 0 Å². The Morgan fingerprint density at radius 2 is 1.74 bits per heavy atom. The zero-order valence-corrected chi connectivity index (χ0v) is 27.3. The maximum Gasteiger partial charge on any atom is 0.325 e. The number of sulfonamides is 1. The van der Waals surface area contributed by atoms with Crippen LogP contribution >= 0.6 is 0 Å². The van der Waals surface area contributed by atoms with E-state index in [1.54, 1.807) is 50.2 Å². The van der Waals surface area contributed by atoms with Crippen molar-refractivity contribution in [2.24, 2.45) is 5.73 Å². The van der Waals surface area contributed by atoms with Gasteiger partial charge in [-0.1, -0.05) is 0 Å². The van der Waals surface area contributed by atoms with Gasteiger partial charge in [0.1, 0.15) is 47.4 Å². The summed E-state index contributed by atoms with van der Waals surface area (Å²) >= 11 is 0. The van der Waals surface area contributed by atoms with E-state index in [0.29, 0.717) is 33.7 Å². The van der Waals surface area contributed by atoms with Crippen molar-refractivity contribution < 1.29 is 45.8 Å². The van der Waals surface area contributed by atoms with Crippen LogP contribution in [-0.2, 0) is 29.0 Å². The minimum Gasteiger partial charge on any atom is -0.462 e. The molecule has 1 aromatic heterocycles. The van der Waals surface area contributed by atoms with Gasteiger partial charge in [-0.3, -0.25) is 13.9 Å². The number of hydrogen-bond donors (Lipinski definition) is 2. The number of anilines is 1. The number of amides is 1. The largest absolute Gasteiger partial charge is 0.462 e. The summed E-state index contributed by atoms with van der Waals surface area (Å²) < 4.78 is 69.3. The van der Waals surface area contributed by atoms with Gasteiger partial charge in [-0.25, -0.2) is 12.8 Å². The van der Waals surface area contributed by atoms with Crippen LogP contribution in [0.25, 0.3) is 22.3 Å². The second kappa shape index (κ2) is 13.7. The van der Waals surface area contributed by atoms with Gasteiger partial charge in [0.05, 0.1) is 36.3 Å². The van der Waals surface area contributed by atoms with Gasteiger partial charge in [-0.2, -0.15) is 0 Å². The fraction of sp³-hybridized carbons (Fsp3) is 0.333. The van der Waals surface area contributed by atoms with E-state index in [9.17, 15) is 22.4 Å². The third kappa shape index (κ3) is 7.25. The van der Waals surface area contributed by atoms with Crippen LogP contribution in [-0.4, -0.2) is 72.1 Å². The Labute approximate surface area is 271 Å². The number of furan rings is 1. The van der Waals surface area contributed by atoms with Crippen molar-refractivity contribution in [3.63, 3.8) is 0 Å². The predicted molar refractivity (Wildman–Crippen MR) is 172 cm³/mol. The molecule has 5 rings (SSSR count). The molecule has 14 heteroatoms. The van der Waals surface area contributed by atoms with Crippen molar-refractivity contribution in [2.75, 3.05) is 37.9 Å². The highest BCUT2D eigenvalue weighted by molar-refractivity contribution is 7.92. The molecule has 0 fully saturated rings. The van der Waals surface area contributed by atoms with Gasteiger partial charge in [0.2, 0.25) is 10.0 Å². The Morgan fingerprint density at radius 3 is 2.34 bits per heavy atom. The molecule has 0 saturated heterocycles. The van der Waals surface area contributed by atoms with Gasteiger partial charge in [0.25, 0.3) is 5.91 Å². The normalized spacial score (nSPS) is 17.8. The smallest absolute Gasteiger partial charge is 0.325 e. The van der Waals surface area contributed by atoms with E-state index < -0.39 is 46.3 Å². The molecule has 3 N–H and O–H groups in total. The molecule has 4 atom stereocenters. The Morgan fingerprint density at radius 1 is 1.11 bits per heavy atom. The number of esters is 1. The first-order valence-electron chi connectivity index (χ1n) is 14.7. The van der Waals surface area contributed by atoms with Crippen molar-refractivity contribution in [3.05, 3.63) is 77.6 Å². The molecule has 4 aromatic rings. The second-order valence-electron chi connectivity index (χ2n) is 11.2. The second-order valence-corrected chi connectivity index (χ2v) is 13.1. The minimum atomic E-state index is -3.86. The monoisotopic (exact) mass is 669 g/mol. The first kappa shape index (κ1) is 33.9. The molecule has 12 nitrogen and oxygen atoms in total. The van der Waals surface area contributed by atoms with E-state index in [4.69, 9.17) is 29.1 Å². The average Bonchev–Trinajstić information content (AvgIpc) is 3.36. The summed E-state index contributed by atoms with van der Waals surface area (Å²) in [5.41, 5.74) is 7.77. The zero-order valence-electron chi connectivity index (χ0n) is 26.5. The van der Waals surface area contributed by atoms with E-state index in [2.05, 4.69) is 5.32 Å². The number of nitrogens with zero attached hydrogens (tertiary/aromatic N) is 1. The molecule has 0 bridgehead atoms. The predicted octanol–water partition coefficient (Wildman–Crippen LogP) is 4.52. The van der Waals surface area contributed by atoms with Gasteiger partial charge in [0, 0.05) is 36.7 Å². The van der Waals surface area contributed by atoms with Crippen LogP contribution in [0.15, 0.2) is 65.1 Å². The maximum absolute atomic E-state index is 13.3. The summed E-state index contributed by atoms with van der Waals surface area (Å²) in [6, 6.07) is 14.6. The molecule has 0 radical (unpaired) electrons. The standard InChI is InChI=1S/C33H36FN3O9S/c1-18-25-14-26-28(15-27(25)37(47(5,40)41)16-24(44-18)17-43-33(39)30(35)19(2)42-4)46-31(29(26)32(38)36-3)20-6-10-22(11-7-20)45-23-12-8-21(34)9-13-23/h6-15,18-19,24,30H,16-17,35H2,1-5H3,(H,36,38)/t18-,19+,24-,30-/m0/s1. The lowest BCUT2D eigenvalue weighted by Gasteiger charge is -2.25. The first-order chi connectivity index (χ1) is 22.3. The summed E-state index contributed by atoms with van der Waals surface area (Å²) in [6.07, 6.45) is -1.03. The highest BCUT2D eigenvalue weighted by Gasteiger charge is 2.35. The molecule has 0 spiro atoms. The molecule has 0 aliphatic carbocycles. The zero-order chi connectivity index (χ0) is 34.0. The van der Waals surface area contributed by atoms with Crippen LogP contribution in [0.1, 0.15) is 35.9 Å². The van der Waals surface area contributed by atoms with Crippen LogP contribution in [0, 0.1) is 5.82 Å². The quantitative estimate of drug-likeness (QED) is 0.230. The number of rotatable bonds is 10. The van der Waals surface area contributed by atoms with Crippen LogP contribution in [0.4, 0.5) is 10.1 Å². The molecular weight excluding hydrogens is 633 g/mol. The van der Waals surface area contributed by atoms with Crippen molar-refractivity contribution in [3.8, 4) is 22.8 Å². The molecule has 1 aliphatic heterocycles. The number of nitrogens with two attached hydrogens (primary N) is 1. The van der Waals surface area contributed by atoms with Crippen molar-refractivity contribution >= 4 is 38.6 Å². The first-order valence-corrected chi connectivity index (χ1v) is 16.6. The molecule has 1 amide bonds. The topological polar surface area (TPSA) is 160 Å². The molecule has 1 aliphatic rings. The number of carbonyl (C=O) groups excluding carboxylic acids is 2. The number of halogens is 1. The van der Waals surface area contributed by atoms with E-state index in [-0.39, 0.29) is 35.9 Å². The van der Waals surface area contributed by atoms with E-state index in [1.807, 2.05) is 0 Å². The Balaban J connectivity index is 1.50. The van der Waals surface area contributed by atoms with E-state index in [1.165, 1.54) is 42.7 Å². The molecule has 250 valence electrons. The number of hydrogen-bond acceptors (Lipinski definition) is 10. The third-order valence-electron chi connectivity index (χ3n) is 7.89. The summed E-state index contributed by atoms with van der Waals surface area (Å²) in [4.78, 5) is 25.7. The fourth-order valence-electron chi connectivity index (χ4n) is 5.26. The highest BCUT2D eigenvalue weighted by Crippen LogP contribution is 2.42. The molecule has 3 aromatic carbocycles. The summed E-state index contributed by atoms with van der Waals surface area (Å²) in [6.45, 7) is 2.96. The lowest BCUT2D eigenvalue weighted by molar-refractivity contribution is -0.153. The molecule has 47 heavy (non-hydrogen) atoms. The Bertz CT molecular complexity index is 1880. The molecular formula is C33H36FN3O9S. The Hall–Kier alpha value is -4.50. The minimum absolute atomic E-state index is 0.157. The third-order valence-corrected chi connectivity index (χ3v) is 9.04.